The van der Waals surface area contributed by atoms with Gasteiger partial charge in [0.2, 0.25) is 0 Å². The lowest BCUT2D eigenvalue weighted by molar-refractivity contribution is -0.0135. The van der Waals surface area contributed by atoms with Gasteiger partial charge in [-0.1, -0.05) is 23.2 Å². The van der Waals surface area contributed by atoms with E-state index in [1.165, 1.54) is 37.6 Å². The second-order valence-corrected chi connectivity index (χ2v) is 8.69. The van der Waals surface area contributed by atoms with Crippen LogP contribution in [0.25, 0.3) is 0 Å². The molecule has 0 aromatic heterocycles. The topological polar surface area (TPSA) is 73.7 Å². The van der Waals surface area contributed by atoms with Crippen molar-refractivity contribution in [1.29, 1.82) is 0 Å². The fourth-order valence-corrected chi connectivity index (χ4v) is 5.89. The van der Waals surface area contributed by atoms with E-state index in [4.69, 9.17) is 23.2 Å². The molecule has 4 aliphatic rings. The van der Waals surface area contributed by atoms with Crippen molar-refractivity contribution in [3.63, 3.8) is 0 Å². The van der Waals surface area contributed by atoms with Crippen molar-refractivity contribution >= 4 is 35.4 Å². The van der Waals surface area contributed by atoms with Crippen LogP contribution in [0.5, 0.6) is 5.75 Å². The van der Waals surface area contributed by atoms with Crippen LogP contribution in [0.2, 0.25) is 10.0 Å². The van der Waals surface area contributed by atoms with Gasteiger partial charge in [0.25, 0.3) is 0 Å². The highest BCUT2D eigenvalue weighted by Gasteiger charge is 2.51. The number of amides is 2. The van der Waals surface area contributed by atoms with Gasteiger partial charge in [-0.05, 0) is 68.4 Å². The molecule has 0 heterocycles. The number of halogens is 2. The fourth-order valence-electron chi connectivity index (χ4n) is 5.38. The molecule has 134 valence electrons. The van der Waals surface area contributed by atoms with Crippen molar-refractivity contribution < 1.29 is 9.90 Å². The molecule has 25 heavy (non-hydrogen) atoms. The van der Waals surface area contributed by atoms with E-state index in [0.29, 0.717) is 10.6 Å². The van der Waals surface area contributed by atoms with Crippen LogP contribution >= 0.6 is 23.2 Å². The number of nitrogens with one attached hydrogen (secondary N) is 2. The standard InChI is InChI=1S/C18H21Cl2N3O2/c19-14-4-13(16(24)15(20)5-14)9-21-23-17(25)22-18-6-10-1-11(7-18)3-12(2-10)8-18/h4-5,9-12,24H,1-3,6-8H2,(H2,22,23,25)/b21-9+. The molecular weight excluding hydrogens is 361 g/mol. The highest BCUT2D eigenvalue weighted by molar-refractivity contribution is 6.36. The summed E-state index contributed by atoms with van der Waals surface area (Å²) < 4.78 is 0. The Labute approximate surface area is 156 Å². The first-order chi connectivity index (χ1) is 11.9. The number of nitrogens with zero attached hydrogens (tertiary/aromatic N) is 1. The number of urea groups is 1. The Kier molecular flexibility index (Phi) is 4.32. The van der Waals surface area contributed by atoms with Gasteiger partial charge >= 0.3 is 6.03 Å². The van der Waals surface area contributed by atoms with Gasteiger partial charge in [0.05, 0.1) is 11.2 Å². The Morgan fingerprint density at radius 3 is 2.36 bits per heavy atom. The first kappa shape index (κ1) is 17.0. The lowest BCUT2D eigenvalue weighted by Gasteiger charge is -2.56. The summed E-state index contributed by atoms with van der Waals surface area (Å²) in [5.41, 5.74) is 2.79. The SMILES string of the molecule is O=C(N/N=C/c1cc(Cl)cc(Cl)c1O)NC12CC3CC(CC(C3)C1)C2. The number of benzene rings is 1. The first-order valence-corrected chi connectivity index (χ1v) is 9.47. The Balaban J connectivity index is 1.39. The summed E-state index contributed by atoms with van der Waals surface area (Å²) in [6, 6.07) is 2.68. The van der Waals surface area contributed by atoms with Crippen LogP contribution in [-0.2, 0) is 0 Å². The summed E-state index contributed by atoms with van der Waals surface area (Å²) in [7, 11) is 0. The molecule has 0 atom stereocenters. The van der Waals surface area contributed by atoms with E-state index >= 15 is 0 Å². The van der Waals surface area contributed by atoms with Gasteiger partial charge in [-0.25, -0.2) is 10.2 Å². The molecule has 0 aliphatic heterocycles. The molecule has 5 nitrogen and oxygen atoms in total. The highest BCUT2D eigenvalue weighted by atomic mass is 35.5. The van der Waals surface area contributed by atoms with Crippen LogP contribution in [0.4, 0.5) is 4.79 Å². The third-order valence-electron chi connectivity index (χ3n) is 5.84. The molecule has 4 bridgehead atoms. The smallest absolute Gasteiger partial charge is 0.335 e. The largest absolute Gasteiger partial charge is 0.506 e. The van der Waals surface area contributed by atoms with E-state index in [9.17, 15) is 9.90 Å². The predicted octanol–water partition coefficient (Wildman–Crippen LogP) is 4.30. The van der Waals surface area contributed by atoms with Crippen molar-refractivity contribution in [3.8, 4) is 5.75 Å². The molecule has 0 unspecified atom stereocenters. The van der Waals surface area contributed by atoms with Gasteiger partial charge in [0, 0.05) is 16.1 Å². The number of aromatic hydroxyl groups is 1. The molecule has 4 aliphatic carbocycles. The third-order valence-corrected chi connectivity index (χ3v) is 6.35. The molecule has 1 aromatic carbocycles. The van der Waals surface area contributed by atoms with Gasteiger partial charge in [0.15, 0.2) is 0 Å². The minimum atomic E-state index is -0.300. The summed E-state index contributed by atoms with van der Waals surface area (Å²) >= 11 is 11.8. The second kappa shape index (κ2) is 6.36. The molecule has 5 rings (SSSR count). The minimum Gasteiger partial charge on any atom is -0.506 e. The van der Waals surface area contributed by atoms with E-state index in [2.05, 4.69) is 15.8 Å². The van der Waals surface area contributed by atoms with E-state index in [0.717, 1.165) is 37.0 Å². The number of carbonyl (C=O) groups is 1. The normalized spacial score (nSPS) is 33.0. The van der Waals surface area contributed by atoms with E-state index in [-0.39, 0.29) is 22.3 Å². The van der Waals surface area contributed by atoms with E-state index in [1.807, 2.05) is 0 Å². The van der Waals surface area contributed by atoms with Gasteiger partial charge in [-0.2, -0.15) is 5.10 Å². The molecule has 3 N–H and O–H groups in total. The summed E-state index contributed by atoms with van der Waals surface area (Å²) in [6.45, 7) is 0. The number of hydrazone groups is 1. The minimum absolute atomic E-state index is 0.0597. The lowest BCUT2D eigenvalue weighted by Crippen LogP contribution is -2.61. The Morgan fingerprint density at radius 1 is 1.16 bits per heavy atom. The van der Waals surface area contributed by atoms with E-state index in [1.54, 1.807) is 0 Å². The maximum absolute atomic E-state index is 12.3. The zero-order valence-corrected chi connectivity index (χ0v) is 15.3. The predicted molar refractivity (Wildman–Crippen MR) is 98.3 cm³/mol. The number of phenols is 1. The monoisotopic (exact) mass is 381 g/mol. The molecule has 0 spiro atoms. The van der Waals surface area contributed by atoms with Gasteiger partial charge in [-0.3, -0.25) is 0 Å². The molecule has 0 saturated heterocycles. The summed E-state index contributed by atoms with van der Waals surface area (Å²) in [5.74, 6) is 2.18. The van der Waals surface area contributed by atoms with Crippen molar-refractivity contribution in [2.24, 2.45) is 22.9 Å². The number of hydrogen-bond acceptors (Lipinski definition) is 3. The Hall–Kier alpha value is -1.46. The van der Waals surface area contributed by atoms with Gasteiger partial charge < -0.3 is 10.4 Å². The number of rotatable bonds is 3. The van der Waals surface area contributed by atoms with Crippen LogP contribution < -0.4 is 10.7 Å². The number of phenolic OH excluding ortho intramolecular Hbond substituents is 1. The maximum Gasteiger partial charge on any atom is 0.335 e. The molecular formula is C18H21Cl2N3O2. The van der Waals surface area contributed by atoms with Crippen LogP contribution in [-0.4, -0.2) is 22.9 Å². The molecule has 4 saturated carbocycles. The Bertz CT molecular complexity index is 700. The maximum atomic E-state index is 12.3. The van der Waals surface area contributed by atoms with Crippen LogP contribution in [0, 0.1) is 17.8 Å². The quantitative estimate of drug-likeness (QED) is 0.539. The number of hydrogen-bond donors (Lipinski definition) is 3. The zero-order valence-electron chi connectivity index (χ0n) is 13.8. The second-order valence-electron chi connectivity index (χ2n) is 7.85. The fraction of sp³-hybridized carbons (Fsp3) is 0.556. The van der Waals surface area contributed by atoms with Crippen molar-refractivity contribution in [2.75, 3.05) is 0 Å². The molecule has 7 heteroatoms. The summed E-state index contributed by atoms with van der Waals surface area (Å²) in [5, 5.41) is 17.5. The van der Waals surface area contributed by atoms with Crippen LogP contribution in [0.15, 0.2) is 17.2 Å². The molecule has 1 aromatic rings. The van der Waals surface area contributed by atoms with Gasteiger partial charge in [0.1, 0.15) is 5.75 Å². The Morgan fingerprint density at radius 2 is 1.76 bits per heavy atom. The van der Waals surface area contributed by atoms with Crippen molar-refractivity contribution in [2.45, 2.75) is 44.1 Å². The highest BCUT2D eigenvalue weighted by Crippen LogP contribution is 2.55. The van der Waals surface area contributed by atoms with Crippen molar-refractivity contribution in [3.05, 3.63) is 27.7 Å². The molecule has 4 fully saturated rings. The lowest BCUT2D eigenvalue weighted by atomic mass is 9.53. The van der Waals surface area contributed by atoms with Crippen molar-refractivity contribution in [1.82, 2.24) is 10.7 Å². The average molecular weight is 382 g/mol. The van der Waals surface area contributed by atoms with Gasteiger partial charge in [-0.15, -0.1) is 0 Å². The molecule has 2 amide bonds. The zero-order chi connectivity index (χ0) is 17.6. The number of carbonyl (C=O) groups excluding carboxylic acids is 1. The van der Waals surface area contributed by atoms with Crippen LogP contribution in [0.3, 0.4) is 0 Å². The van der Waals surface area contributed by atoms with E-state index < -0.39 is 0 Å². The summed E-state index contributed by atoms with van der Waals surface area (Å²) in [6.07, 6.45) is 8.58. The third kappa shape index (κ3) is 3.44. The average Bonchev–Trinajstić information content (AvgIpc) is 2.50. The van der Waals surface area contributed by atoms with Crippen LogP contribution in [0.1, 0.15) is 44.1 Å². The first-order valence-electron chi connectivity index (χ1n) is 8.72. The summed E-state index contributed by atoms with van der Waals surface area (Å²) in [4.78, 5) is 12.3. The molecule has 0 radical (unpaired) electrons.